The number of hydrogen-bond donors (Lipinski definition) is 2. The Morgan fingerprint density at radius 3 is 2.41 bits per heavy atom. The highest BCUT2D eigenvalue weighted by Crippen LogP contribution is 2.18. The number of amides is 3. The molecule has 2 aromatic carbocycles. The highest BCUT2D eigenvalue weighted by atomic mass is 19.1. The third-order valence-corrected chi connectivity index (χ3v) is 5.32. The van der Waals surface area contributed by atoms with Crippen LogP contribution in [0.15, 0.2) is 54.6 Å². The predicted octanol–water partition coefficient (Wildman–Crippen LogP) is 1.92. The van der Waals surface area contributed by atoms with Crippen molar-refractivity contribution in [1.82, 2.24) is 15.5 Å². The Bertz CT molecular complexity index is 914. The lowest BCUT2D eigenvalue weighted by Gasteiger charge is -2.31. The van der Waals surface area contributed by atoms with E-state index in [1.165, 1.54) is 12.1 Å². The number of ether oxygens (including phenoxy) is 1. The maximum atomic E-state index is 13.2. The topological polar surface area (TPSA) is 87.7 Å². The first-order valence-corrected chi connectivity index (χ1v) is 10.8. The number of halogens is 1. The normalized spacial score (nSPS) is 14.0. The summed E-state index contributed by atoms with van der Waals surface area (Å²) >= 11 is 0. The van der Waals surface area contributed by atoms with Crippen molar-refractivity contribution in [2.45, 2.75) is 19.3 Å². The van der Waals surface area contributed by atoms with Crippen LogP contribution in [0.2, 0.25) is 0 Å². The van der Waals surface area contributed by atoms with E-state index in [2.05, 4.69) is 10.6 Å². The SMILES string of the molecule is O=C(Cc1cccc(F)c1)NCCNC(=O)C1CCN(C(=O)COc2ccccc2)CC1. The number of rotatable bonds is 9. The van der Waals surface area contributed by atoms with Gasteiger partial charge in [0.25, 0.3) is 5.91 Å². The van der Waals surface area contributed by atoms with Gasteiger partial charge in [-0.2, -0.15) is 0 Å². The zero-order chi connectivity index (χ0) is 22.8. The number of carbonyl (C=O) groups is 3. The van der Waals surface area contributed by atoms with Gasteiger partial charge in [0, 0.05) is 32.1 Å². The molecule has 1 fully saturated rings. The van der Waals surface area contributed by atoms with Crippen molar-refractivity contribution in [3.05, 3.63) is 66.0 Å². The van der Waals surface area contributed by atoms with Crippen molar-refractivity contribution in [2.75, 3.05) is 32.8 Å². The quantitative estimate of drug-likeness (QED) is 0.582. The lowest BCUT2D eigenvalue weighted by atomic mass is 9.96. The highest BCUT2D eigenvalue weighted by molar-refractivity contribution is 5.81. The van der Waals surface area contributed by atoms with Crippen LogP contribution in [0.5, 0.6) is 5.75 Å². The first-order chi connectivity index (χ1) is 15.5. The van der Waals surface area contributed by atoms with Gasteiger partial charge in [-0.15, -0.1) is 0 Å². The maximum Gasteiger partial charge on any atom is 0.260 e. The summed E-state index contributed by atoms with van der Waals surface area (Å²) in [6, 6.07) is 15.1. The van der Waals surface area contributed by atoms with E-state index in [1.54, 1.807) is 29.2 Å². The van der Waals surface area contributed by atoms with E-state index >= 15 is 0 Å². The molecule has 0 aromatic heterocycles. The van der Waals surface area contributed by atoms with Crippen molar-refractivity contribution >= 4 is 17.7 Å². The van der Waals surface area contributed by atoms with E-state index in [0.29, 0.717) is 50.3 Å². The Hall–Kier alpha value is -3.42. The van der Waals surface area contributed by atoms with E-state index < -0.39 is 0 Å². The van der Waals surface area contributed by atoms with Crippen molar-refractivity contribution in [1.29, 1.82) is 0 Å². The average Bonchev–Trinajstić information content (AvgIpc) is 2.81. The van der Waals surface area contributed by atoms with E-state index in [9.17, 15) is 18.8 Å². The van der Waals surface area contributed by atoms with Gasteiger partial charge in [0.1, 0.15) is 11.6 Å². The fourth-order valence-electron chi connectivity index (χ4n) is 3.57. The van der Waals surface area contributed by atoms with Crippen molar-refractivity contribution in [3.63, 3.8) is 0 Å². The molecule has 0 bridgehead atoms. The zero-order valence-electron chi connectivity index (χ0n) is 17.9. The van der Waals surface area contributed by atoms with Gasteiger partial charge < -0.3 is 20.3 Å². The van der Waals surface area contributed by atoms with Crippen LogP contribution in [0.3, 0.4) is 0 Å². The summed E-state index contributed by atoms with van der Waals surface area (Å²) in [6.07, 6.45) is 1.27. The van der Waals surface area contributed by atoms with E-state index in [-0.39, 0.29) is 42.5 Å². The molecule has 1 heterocycles. The highest BCUT2D eigenvalue weighted by Gasteiger charge is 2.27. The molecule has 0 saturated carbocycles. The van der Waals surface area contributed by atoms with Gasteiger partial charge in [-0.1, -0.05) is 30.3 Å². The minimum absolute atomic E-state index is 0.0177. The van der Waals surface area contributed by atoms with Gasteiger partial charge in [-0.3, -0.25) is 14.4 Å². The van der Waals surface area contributed by atoms with Gasteiger partial charge in [0.15, 0.2) is 6.61 Å². The molecular formula is C24H28FN3O4. The number of nitrogens with zero attached hydrogens (tertiary/aromatic N) is 1. The first kappa shape index (κ1) is 23.2. The standard InChI is InChI=1S/C24H28FN3O4/c25-20-6-4-5-18(15-20)16-22(29)26-11-12-27-24(31)19-9-13-28(14-10-19)23(30)17-32-21-7-2-1-3-8-21/h1-8,15,19H,9-14,16-17H2,(H,26,29)(H,27,31). The lowest BCUT2D eigenvalue weighted by Crippen LogP contribution is -2.45. The van der Waals surface area contributed by atoms with Crippen molar-refractivity contribution in [3.8, 4) is 5.75 Å². The smallest absolute Gasteiger partial charge is 0.260 e. The molecule has 1 aliphatic heterocycles. The number of hydrogen-bond acceptors (Lipinski definition) is 4. The first-order valence-electron chi connectivity index (χ1n) is 10.8. The van der Waals surface area contributed by atoms with Gasteiger partial charge in [-0.05, 0) is 42.7 Å². The molecule has 3 amide bonds. The Kier molecular flexibility index (Phi) is 8.60. The Morgan fingerprint density at radius 2 is 1.69 bits per heavy atom. The number of piperidine rings is 1. The van der Waals surface area contributed by atoms with Crippen molar-refractivity contribution < 1.29 is 23.5 Å². The summed E-state index contributed by atoms with van der Waals surface area (Å²) in [5.74, 6) is -0.269. The molecule has 0 unspecified atom stereocenters. The predicted molar refractivity (Wildman–Crippen MR) is 117 cm³/mol. The number of para-hydroxylation sites is 1. The van der Waals surface area contributed by atoms with Crippen LogP contribution >= 0.6 is 0 Å². The van der Waals surface area contributed by atoms with E-state index in [4.69, 9.17) is 4.74 Å². The second-order valence-corrected chi connectivity index (χ2v) is 7.70. The summed E-state index contributed by atoms with van der Waals surface area (Å²) in [6.45, 7) is 1.63. The van der Waals surface area contributed by atoms with Gasteiger partial charge >= 0.3 is 0 Å². The molecule has 1 saturated heterocycles. The molecule has 2 N–H and O–H groups in total. The van der Waals surface area contributed by atoms with Crippen LogP contribution in [0, 0.1) is 11.7 Å². The molecule has 0 aliphatic carbocycles. The molecule has 7 nitrogen and oxygen atoms in total. The number of benzene rings is 2. The fraction of sp³-hybridized carbons (Fsp3) is 0.375. The molecule has 32 heavy (non-hydrogen) atoms. The summed E-state index contributed by atoms with van der Waals surface area (Å²) < 4.78 is 18.7. The van der Waals surface area contributed by atoms with E-state index in [1.807, 2.05) is 18.2 Å². The molecule has 2 aromatic rings. The Balaban J connectivity index is 1.29. The molecule has 0 radical (unpaired) electrons. The van der Waals surface area contributed by atoms with Gasteiger partial charge in [0.2, 0.25) is 11.8 Å². The number of likely N-dealkylation sites (tertiary alicyclic amines) is 1. The second-order valence-electron chi connectivity index (χ2n) is 7.70. The fourth-order valence-corrected chi connectivity index (χ4v) is 3.57. The maximum absolute atomic E-state index is 13.2. The third kappa shape index (κ3) is 7.37. The van der Waals surface area contributed by atoms with Crippen LogP contribution in [0.25, 0.3) is 0 Å². The number of nitrogens with one attached hydrogen (secondary N) is 2. The zero-order valence-corrected chi connectivity index (χ0v) is 17.9. The van der Waals surface area contributed by atoms with Crippen LogP contribution in [0.1, 0.15) is 18.4 Å². The summed E-state index contributed by atoms with van der Waals surface area (Å²) in [4.78, 5) is 38.3. The molecule has 3 rings (SSSR count). The van der Waals surface area contributed by atoms with Gasteiger partial charge in [-0.25, -0.2) is 4.39 Å². The lowest BCUT2D eigenvalue weighted by molar-refractivity contribution is -0.137. The minimum Gasteiger partial charge on any atom is -0.484 e. The third-order valence-electron chi connectivity index (χ3n) is 5.32. The molecule has 8 heteroatoms. The molecule has 170 valence electrons. The Labute approximate surface area is 186 Å². The molecule has 0 spiro atoms. The van der Waals surface area contributed by atoms with Crippen LogP contribution in [-0.4, -0.2) is 55.4 Å². The minimum atomic E-state index is -0.376. The average molecular weight is 442 g/mol. The van der Waals surface area contributed by atoms with Crippen LogP contribution in [0.4, 0.5) is 4.39 Å². The second kappa shape index (κ2) is 11.8. The summed E-state index contributed by atoms with van der Waals surface area (Å²) in [7, 11) is 0. The molecule has 0 atom stereocenters. The Morgan fingerprint density at radius 1 is 0.969 bits per heavy atom. The number of carbonyl (C=O) groups excluding carboxylic acids is 3. The van der Waals surface area contributed by atoms with Crippen LogP contribution < -0.4 is 15.4 Å². The van der Waals surface area contributed by atoms with E-state index in [0.717, 1.165) is 0 Å². The largest absolute Gasteiger partial charge is 0.484 e. The summed E-state index contributed by atoms with van der Waals surface area (Å²) in [5.41, 5.74) is 0.599. The molecular weight excluding hydrogens is 413 g/mol. The van der Waals surface area contributed by atoms with Crippen LogP contribution in [-0.2, 0) is 20.8 Å². The summed E-state index contributed by atoms with van der Waals surface area (Å²) in [5, 5.41) is 5.55. The molecule has 1 aliphatic rings. The van der Waals surface area contributed by atoms with Crippen molar-refractivity contribution in [2.24, 2.45) is 5.92 Å². The monoisotopic (exact) mass is 441 g/mol. The van der Waals surface area contributed by atoms with Gasteiger partial charge in [0.05, 0.1) is 6.42 Å².